The van der Waals surface area contributed by atoms with Gasteiger partial charge in [-0.05, 0) is 69.5 Å². The standard InChI is InChI=1S/C23H14Br2Cl2N2O2/c24-17-7-5-14(6-8-17)13-31-22-18(25)10-15(11-20(22)27)9-16(12-28)23(30)29-21-4-2-1-3-19(21)26/h1-11H,13H2,(H,29,30)/b16-9+. The van der Waals surface area contributed by atoms with Crippen molar-refractivity contribution in [1.82, 2.24) is 0 Å². The van der Waals surface area contributed by atoms with E-state index < -0.39 is 5.91 Å². The molecule has 0 aliphatic heterocycles. The fourth-order valence-corrected chi connectivity index (χ4v) is 4.04. The summed E-state index contributed by atoms with van der Waals surface area (Å²) in [5.41, 5.74) is 1.88. The lowest BCUT2D eigenvalue weighted by atomic mass is 10.1. The van der Waals surface area contributed by atoms with Crippen molar-refractivity contribution < 1.29 is 9.53 Å². The zero-order chi connectivity index (χ0) is 22.4. The largest absolute Gasteiger partial charge is 0.486 e. The molecule has 3 aromatic rings. The first-order chi connectivity index (χ1) is 14.9. The maximum atomic E-state index is 12.5. The van der Waals surface area contributed by atoms with Crippen molar-refractivity contribution in [2.24, 2.45) is 0 Å². The normalized spacial score (nSPS) is 11.0. The molecule has 0 radical (unpaired) electrons. The highest BCUT2D eigenvalue weighted by molar-refractivity contribution is 9.10. The molecule has 31 heavy (non-hydrogen) atoms. The summed E-state index contributed by atoms with van der Waals surface area (Å²) in [6, 6.07) is 19.8. The molecule has 0 aliphatic rings. The topological polar surface area (TPSA) is 62.1 Å². The van der Waals surface area contributed by atoms with Gasteiger partial charge in [0.05, 0.1) is 20.2 Å². The average Bonchev–Trinajstić information content (AvgIpc) is 2.74. The summed E-state index contributed by atoms with van der Waals surface area (Å²) in [6.45, 7) is 0.338. The van der Waals surface area contributed by atoms with E-state index in [1.807, 2.05) is 30.3 Å². The van der Waals surface area contributed by atoms with E-state index in [9.17, 15) is 10.1 Å². The molecule has 4 nitrogen and oxygen atoms in total. The fourth-order valence-electron chi connectivity index (χ4n) is 2.60. The van der Waals surface area contributed by atoms with E-state index in [-0.39, 0.29) is 5.57 Å². The third-order valence-corrected chi connectivity index (χ3v) is 5.84. The number of anilines is 1. The number of ether oxygens (including phenoxy) is 1. The molecule has 0 bridgehead atoms. The molecule has 1 N–H and O–H groups in total. The fraction of sp³-hybridized carbons (Fsp3) is 0.0435. The van der Waals surface area contributed by atoms with Crippen LogP contribution in [0.2, 0.25) is 10.0 Å². The number of nitriles is 1. The van der Waals surface area contributed by atoms with Gasteiger partial charge in [-0.1, -0.05) is 63.4 Å². The maximum absolute atomic E-state index is 12.5. The Morgan fingerprint density at radius 2 is 1.77 bits per heavy atom. The number of nitrogens with one attached hydrogen (secondary N) is 1. The number of hydrogen-bond acceptors (Lipinski definition) is 3. The average molecular weight is 581 g/mol. The molecule has 1 amide bonds. The summed E-state index contributed by atoms with van der Waals surface area (Å²) in [5.74, 6) is -0.0980. The number of nitrogens with zero attached hydrogens (tertiary/aromatic N) is 1. The predicted molar refractivity (Wildman–Crippen MR) is 131 cm³/mol. The van der Waals surface area contributed by atoms with Crippen molar-refractivity contribution in [3.8, 4) is 11.8 Å². The maximum Gasteiger partial charge on any atom is 0.266 e. The smallest absolute Gasteiger partial charge is 0.266 e. The molecule has 0 fully saturated rings. The van der Waals surface area contributed by atoms with Crippen molar-refractivity contribution in [3.63, 3.8) is 0 Å². The van der Waals surface area contributed by atoms with Crippen molar-refractivity contribution >= 4 is 72.7 Å². The van der Waals surface area contributed by atoms with Crippen LogP contribution >= 0.6 is 55.1 Å². The second-order valence-corrected chi connectivity index (χ2v) is 8.92. The van der Waals surface area contributed by atoms with Crippen LogP contribution in [-0.4, -0.2) is 5.91 Å². The molecule has 0 unspecified atom stereocenters. The third-order valence-electron chi connectivity index (χ3n) is 4.12. The molecule has 0 aromatic heterocycles. The Bertz CT molecular complexity index is 1170. The molecule has 0 saturated heterocycles. The Hall–Kier alpha value is -2.30. The second kappa shape index (κ2) is 10.8. The molecule has 0 spiro atoms. The molecule has 0 aliphatic carbocycles. The van der Waals surface area contributed by atoms with E-state index in [1.54, 1.807) is 36.4 Å². The summed E-state index contributed by atoms with van der Waals surface area (Å²) < 4.78 is 7.43. The quantitative estimate of drug-likeness (QED) is 0.241. The Balaban J connectivity index is 1.78. The van der Waals surface area contributed by atoms with Crippen LogP contribution in [-0.2, 0) is 11.4 Å². The Kier molecular flexibility index (Phi) is 8.16. The van der Waals surface area contributed by atoms with E-state index in [0.717, 1.165) is 10.0 Å². The monoisotopic (exact) mass is 578 g/mol. The number of benzene rings is 3. The van der Waals surface area contributed by atoms with Crippen LogP contribution in [0.4, 0.5) is 5.69 Å². The highest BCUT2D eigenvalue weighted by atomic mass is 79.9. The minimum absolute atomic E-state index is 0.0913. The van der Waals surface area contributed by atoms with Crippen LogP contribution in [0.15, 0.2) is 75.2 Å². The SMILES string of the molecule is N#C/C(=C\c1cc(Cl)c(OCc2ccc(Br)cc2)c(Br)c1)C(=O)Nc1ccccc1Cl. The van der Waals surface area contributed by atoms with Gasteiger partial charge in [0.1, 0.15) is 18.2 Å². The van der Waals surface area contributed by atoms with Crippen molar-refractivity contribution in [1.29, 1.82) is 5.26 Å². The molecule has 8 heteroatoms. The molecular weight excluding hydrogens is 567 g/mol. The molecule has 0 heterocycles. The molecule has 0 saturated carbocycles. The number of amides is 1. The lowest BCUT2D eigenvalue weighted by Crippen LogP contribution is -2.13. The zero-order valence-corrected chi connectivity index (χ0v) is 20.5. The van der Waals surface area contributed by atoms with Gasteiger partial charge in [-0.2, -0.15) is 5.26 Å². The number of carbonyl (C=O) groups is 1. The first-order valence-corrected chi connectivity index (χ1v) is 11.3. The molecule has 0 atom stereocenters. The van der Waals surface area contributed by atoms with Gasteiger partial charge in [-0.25, -0.2) is 0 Å². The zero-order valence-electron chi connectivity index (χ0n) is 15.8. The van der Waals surface area contributed by atoms with Gasteiger partial charge in [-0.15, -0.1) is 0 Å². The van der Waals surface area contributed by atoms with Crippen LogP contribution in [0.3, 0.4) is 0 Å². The summed E-state index contributed by atoms with van der Waals surface area (Å²) in [7, 11) is 0. The summed E-state index contributed by atoms with van der Waals surface area (Å²) in [6.07, 6.45) is 1.45. The van der Waals surface area contributed by atoms with Gasteiger partial charge in [0, 0.05) is 4.47 Å². The van der Waals surface area contributed by atoms with Gasteiger partial charge in [0.2, 0.25) is 0 Å². The lowest BCUT2D eigenvalue weighted by molar-refractivity contribution is -0.112. The number of rotatable bonds is 6. The van der Waals surface area contributed by atoms with Crippen molar-refractivity contribution in [2.75, 3.05) is 5.32 Å². The minimum Gasteiger partial charge on any atom is -0.486 e. The summed E-state index contributed by atoms with van der Waals surface area (Å²) >= 11 is 19.3. The van der Waals surface area contributed by atoms with Crippen LogP contribution < -0.4 is 10.1 Å². The first-order valence-electron chi connectivity index (χ1n) is 8.91. The number of carbonyl (C=O) groups excluding carboxylic acids is 1. The number of halogens is 4. The highest BCUT2D eigenvalue weighted by Gasteiger charge is 2.14. The van der Waals surface area contributed by atoms with Crippen molar-refractivity contribution in [3.05, 3.63) is 96.4 Å². The Labute approximate surface area is 206 Å². The third kappa shape index (κ3) is 6.34. The minimum atomic E-state index is -0.571. The van der Waals surface area contributed by atoms with Gasteiger partial charge in [0.25, 0.3) is 5.91 Å². The molecular formula is C23H14Br2Cl2N2O2. The number of hydrogen-bond donors (Lipinski definition) is 1. The van der Waals surface area contributed by atoms with Crippen molar-refractivity contribution in [2.45, 2.75) is 6.61 Å². The Morgan fingerprint density at radius 1 is 1.06 bits per heavy atom. The van der Waals surface area contributed by atoms with Gasteiger partial charge >= 0.3 is 0 Å². The second-order valence-electron chi connectivity index (χ2n) is 6.33. The number of para-hydroxylation sites is 1. The van der Waals surface area contributed by atoms with Crippen LogP contribution in [0, 0.1) is 11.3 Å². The van der Waals surface area contributed by atoms with Gasteiger partial charge in [-0.3, -0.25) is 4.79 Å². The highest BCUT2D eigenvalue weighted by Crippen LogP contribution is 2.36. The van der Waals surface area contributed by atoms with E-state index in [2.05, 4.69) is 37.2 Å². The molecule has 3 rings (SSSR count). The molecule has 156 valence electrons. The van der Waals surface area contributed by atoms with Crippen LogP contribution in [0.1, 0.15) is 11.1 Å². The van der Waals surface area contributed by atoms with E-state index >= 15 is 0 Å². The summed E-state index contributed by atoms with van der Waals surface area (Å²) in [5, 5.41) is 12.8. The summed E-state index contributed by atoms with van der Waals surface area (Å²) in [4.78, 5) is 12.5. The Morgan fingerprint density at radius 3 is 2.42 bits per heavy atom. The van der Waals surface area contributed by atoms with Gasteiger partial charge in [0.15, 0.2) is 5.75 Å². The van der Waals surface area contributed by atoms with Crippen LogP contribution in [0.5, 0.6) is 5.75 Å². The predicted octanol–water partition coefficient (Wildman–Crippen LogP) is 7.64. The van der Waals surface area contributed by atoms with Gasteiger partial charge < -0.3 is 10.1 Å². The molecule has 3 aromatic carbocycles. The van der Waals surface area contributed by atoms with E-state index in [1.165, 1.54) is 6.08 Å². The van der Waals surface area contributed by atoms with Crippen LogP contribution in [0.25, 0.3) is 6.08 Å². The first kappa shape index (κ1) is 23.4. The lowest BCUT2D eigenvalue weighted by Gasteiger charge is -2.12. The van der Waals surface area contributed by atoms with E-state index in [0.29, 0.717) is 38.1 Å². The van der Waals surface area contributed by atoms with E-state index in [4.69, 9.17) is 27.9 Å².